The Morgan fingerprint density at radius 3 is 1.16 bits per heavy atom. The number of carbonyl (C=O) groups is 2. The molecule has 0 aliphatic heterocycles. The number of carbonyl (C=O) groups excluding carboxylic acids is 2. The van der Waals surface area contributed by atoms with E-state index < -0.39 is 18.2 Å². The van der Waals surface area contributed by atoms with Crippen molar-refractivity contribution in [3.63, 3.8) is 0 Å². The highest BCUT2D eigenvalue weighted by Crippen LogP contribution is 2.18. The van der Waals surface area contributed by atoms with E-state index in [9.17, 15) is 19.8 Å². The van der Waals surface area contributed by atoms with E-state index in [-0.39, 0.29) is 24.9 Å². The second-order valence-corrected chi connectivity index (χ2v) is 19.0. The van der Waals surface area contributed by atoms with Gasteiger partial charge in [0.15, 0.2) is 0 Å². The van der Waals surface area contributed by atoms with Gasteiger partial charge in [-0.2, -0.15) is 0 Å². The van der Waals surface area contributed by atoms with E-state index in [1.807, 2.05) is 0 Å². The summed E-state index contributed by atoms with van der Waals surface area (Å²) in [4.78, 5) is 26.2. The number of amides is 1. The van der Waals surface area contributed by atoms with Crippen molar-refractivity contribution in [2.75, 3.05) is 6.61 Å². The summed E-state index contributed by atoms with van der Waals surface area (Å²) in [6, 6.07) is -0.697. The highest BCUT2D eigenvalue weighted by atomic mass is 16.5. The summed E-state index contributed by atoms with van der Waals surface area (Å²) in [6.07, 6.45) is 55.7. The molecule has 0 aliphatic carbocycles. The van der Waals surface area contributed by atoms with E-state index in [0.29, 0.717) is 19.3 Å². The number of ether oxygens (including phenoxy) is 1. The van der Waals surface area contributed by atoms with Crippen molar-refractivity contribution in [2.45, 2.75) is 322 Å². The first-order valence-electron chi connectivity index (χ1n) is 27.4. The molecule has 61 heavy (non-hydrogen) atoms. The van der Waals surface area contributed by atoms with Crippen molar-refractivity contribution in [3.8, 4) is 0 Å². The lowest BCUT2D eigenvalue weighted by molar-refractivity contribution is -0.151. The first-order chi connectivity index (χ1) is 30.0. The molecule has 6 heteroatoms. The Morgan fingerprint density at radius 1 is 0.459 bits per heavy atom. The van der Waals surface area contributed by atoms with E-state index >= 15 is 0 Å². The third-order valence-electron chi connectivity index (χ3n) is 12.8. The molecule has 3 N–H and O–H groups in total. The molecule has 0 heterocycles. The van der Waals surface area contributed by atoms with Gasteiger partial charge < -0.3 is 20.3 Å². The van der Waals surface area contributed by atoms with Crippen molar-refractivity contribution < 1.29 is 24.5 Å². The first-order valence-corrected chi connectivity index (χ1v) is 27.4. The molecule has 362 valence electrons. The molecule has 0 aliphatic rings. The molecule has 3 atom stereocenters. The van der Waals surface area contributed by atoms with Crippen LogP contribution in [0.15, 0.2) is 12.2 Å². The third-order valence-corrected chi connectivity index (χ3v) is 12.8. The molecule has 0 bridgehead atoms. The Balaban J connectivity index is 4.49. The fourth-order valence-corrected chi connectivity index (χ4v) is 8.66. The maximum Gasteiger partial charge on any atom is 0.306 e. The van der Waals surface area contributed by atoms with Gasteiger partial charge in [0.1, 0.15) is 6.10 Å². The molecule has 0 saturated carbocycles. The van der Waals surface area contributed by atoms with Crippen LogP contribution in [0.25, 0.3) is 0 Å². The molecule has 0 rings (SSSR count). The van der Waals surface area contributed by atoms with E-state index in [1.165, 1.54) is 193 Å². The summed E-state index contributed by atoms with van der Waals surface area (Å²) < 4.78 is 5.95. The van der Waals surface area contributed by atoms with E-state index in [4.69, 9.17) is 4.74 Å². The van der Waals surface area contributed by atoms with Crippen LogP contribution in [-0.4, -0.2) is 46.9 Å². The van der Waals surface area contributed by atoms with Crippen LogP contribution < -0.4 is 5.32 Å². The number of hydrogen-bond acceptors (Lipinski definition) is 5. The number of nitrogens with one attached hydrogen (secondary N) is 1. The SMILES string of the molecule is CCCCCCCC/C=C/CCCCCCCC(CC(=O)NC(CO)C(O)CCCCCCCCCCC)OC(=O)CCCCCCCCCCCCCCCCCCCC. The number of allylic oxidation sites excluding steroid dienone is 2. The minimum Gasteiger partial charge on any atom is -0.462 e. The van der Waals surface area contributed by atoms with Crippen molar-refractivity contribution in [2.24, 2.45) is 0 Å². The predicted octanol–water partition coefficient (Wildman–Crippen LogP) is 16.5. The molecule has 0 spiro atoms. The Bertz CT molecular complexity index is 924. The van der Waals surface area contributed by atoms with Crippen LogP contribution >= 0.6 is 0 Å². The quantitative estimate of drug-likeness (QED) is 0.0322. The van der Waals surface area contributed by atoms with E-state index in [1.54, 1.807) is 0 Å². The number of hydrogen-bond donors (Lipinski definition) is 3. The zero-order chi connectivity index (χ0) is 44.5. The van der Waals surface area contributed by atoms with Crippen LogP contribution in [0.4, 0.5) is 0 Å². The van der Waals surface area contributed by atoms with Crippen LogP contribution in [0.3, 0.4) is 0 Å². The molecule has 6 nitrogen and oxygen atoms in total. The van der Waals surface area contributed by atoms with Gasteiger partial charge in [-0.25, -0.2) is 0 Å². The average Bonchev–Trinajstić information content (AvgIpc) is 3.25. The number of aliphatic hydroxyl groups is 2. The topological polar surface area (TPSA) is 95.9 Å². The van der Waals surface area contributed by atoms with Gasteiger partial charge in [0, 0.05) is 6.42 Å². The molecule has 0 radical (unpaired) electrons. The van der Waals surface area contributed by atoms with Gasteiger partial charge in [0.2, 0.25) is 5.91 Å². The molecule has 0 fully saturated rings. The molecular weight excluding hydrogens is 755 g/mol. The van der Waals surface area contributed by atoms with Gasteiger partial charge in [-0.3, -0.25) is 9.59 Å². The summed E-state index contributed by atoms with van der Waals surface area (Å²) in [6.45, 7) is 6.49. The summed E-state index contributed by atoms with van der Waals surface area (Å²) >= 11 is 0. The van der Waals surface area contributed by atoms with Crippen LogP contribution in [0.2, 0.25) is 0 Å². The second kappa shape index (κ2) is 49.6. The maximum absolute atomic E-state index is 13.2. The van der Waals surface area contributed by atoms with Crippen LogP contribution in [0, 0.1) is 0 Å². The predicted molar refractivity (Wildman–Crippen MR) is 264 cm³/mol. The Kier molecular flexibility index (Phi) is 48.5. The number of aliphatic hydroxyl groups excluding tert-OH is 2. The monoisotopic (exact) mass is 862 g/mol. The van der Waals surface area contributed by atoms with Gasteiger partial charge in [-0.15, -0.1) is 0 Å². The third kappa shape index (κ3) is 45.0. The van der Waals surface area contributed by atoms with Crippen molar-refractivity contribution in [1.82, 2.24) is 5.32 Å². The lowest BCUT2D eigenvalue weighted by Crippen LogP contribution is -2.46. The van der Waals surface area contributed by atoms with Gasteiger partial charge in [0.25, 0.3) is 0 Å². The molecule has 0 saturated heterocycles. The van der Waals surface area contributed by atoms with Crippen LogP contribution in [-0.2, 0) is 14.3 Å². The van der Waals surface area contributed by atoms with Gasteiger partial charge >= 0.3 is 5.97 Å². The zero-order valence-corrected chi connectivity index (χ0v) is 41.3. The van der Waals surface area contributed by atoms with Gasteiger partial charge in [0.05, 0.1) is 25.2 Å². The van der Waals surface area contributed by atoms with Crippen molar-refractivity contribution in [3.05, 3.63) is 12.2 Å². The lowest BCUT2D eigenvalue weighted by Gasteiger charge is -2.24. The molecule has 0 aromatic rings. The Hall–Kier alpha value is -1.40. The molecule has 3 unspecified atom stereocenters. The van der Waals surface area contributed by atoms with Gasteiger partial charge in [-0.1, -0.05) is 251 Å². The van der Waals surface area contributed by atoms with E-state index in [0.717, 1.165) is 64.2 Å². The summed E-state index contributed by atoms with van der Waals surface area (Å²) in [7, 11) is 0. The molecule has 1 amide bonds. The molecular formula is C55H107NO5. The fourth-order valence-electron chi connectivity index (χ4n) is 8.66. The zero-order valence-electron chi connectivity index (χ0n) is 41.3. The van der Waals surface area contributed by atoms with Crippen LogP contribution in [0.1, 0.15) is 303 Å². The second-order valence-electron chi connectivity index (χ2n) is 19.0. The average molecular weight is 862 g/mol. The number of esters is 1. The minimum atomic E-state index is -0.783. The van der Waals surface area contributed by atoms with Crippen LogP contribution in [0.5, 0.6) is 0 Å². The van der Waals surface area contributed by atoms with Gasteiger partial charge in [-0.05, 0) is 51.4 Å². The summed E-state index contributed by atoms with van der Waals surface area (Å²) in [5, 5.41) is 23.7. The van der Waals surface area contributed by atoms with Crippen molar-refractivity contribution in [1.29, 1.82) is 0 Å². The number of unbranched alkanes of at least 4 members (excludes halogenated alkanes) is 36. The first kappa shape index (κ1) is 59.6. The minimum absolute atomic E-state index is 0.0789. The largest absolute Gasteiger partial charge is 0.462 e. The normalized spacial score (nSPS) is 13.2. The molecule has 0 aromatic carbocycles. The summed E-state index contributed by atoms with van der Waals surface area (Å²) in [5.41, 5.74) is 0. The lowest BCUT2D eigenvalue weighted by atomic mass is 10.0. The van der Waals surface area contributed by atoms with E-state index in [2.05, 4.69) is 38.2 Å². The highest BCUT2D eigenvalue weighted by Gasteiger charge is 2.24. The Labute approximate surface area is 380 Å². The highest BCUT2D eigenvalue weighted by molar-refractivity contribution is 5.77. The maximum atomic E-state index is 13.2. The fraction of sp³-hybridized carbons (Fsp3) is 0.927. The van der Waals surface area contributed by atoms with Crippen molar-refractivity contribution >= 4 is 11.9 Å². The Morgan fingerprint density at radius 2 is 0.787 bits per heavy atom. The molecule has 0 aromatic heterocycles. The number of rotatable bonds is 50. The summed E-state index contributed by atoms with van der Waals surface area (Å²) in [5.74, 6) is -0.463. The standard InChI is InChI=1S/C55H107NO5/c1-4-7-10-13-16-19-21-23-25-26-27-29-31-33-36-39-42-45-48-55(60)61-51(46-43-40-37-35-32-30-28-24-22-20-17-14-11-8-5-2)49-54(59)56-52(50-57)53(58)47-44-41-38-34-18-15-12-9-6-3/h24,28,51-53,57-58H,4-23,25-27,29-50H2,1-3H3,(H,56,59)/b28-24+. The smallest absolute Gasteiger partial charge is 0.306 e.